The van der Waals surface area contributed by atoms with Crippen LogP contribution in [-0.2, 0) is 6.54 Å². The predicted molar refractivity (Wildman–Crippen MR) is 88.9 cm³/mol. The lowest BCUT2D eigenvalue weighted by Gasteiger charge is -2.23. The third-order valence-corrected chi connectivity index (χ3v) is 4.03. The van der Waals surface area contributed by atoms with Crippen LogP contribution in [0.3, 0.4) is 0 Å². The number of hydrogen-bond donors (Lipinski definition) is 2. The van der Waals surface area contributed by atoms with Crippen LogP contribution >= 0.6 is 0 Å². The zero-order valence-electron chi connectivity index (χ0n) is 12.8. The van der Waals surface area contributed by atoms with E-state index in [0.717, 1.165) is 11.4 Å². The number of hydrogen-bond acceptors (Lipinski definition) is 2. The Bertz CT molecular complexity index is 611. The van der Waals surface area contributed by atoms with Crippen molar-refractivity contribution in [3.8, 4) is 5.69 Å². The highest BCUT2D eigenvalue weighted by Crippen LogP contribution is 2.17. The Labute approximate surface area is 131 Å². The number of para-hydroxylation sites is 1. The molecule has 0 spiro atoms. The van der Waals surface area contributed by atoms with Gasteiger partial charge in [0.1, 0.15) is 0 Å². The molecule has 1 aromatic heterocycles. The van der Waals surface area contributed by atoms with Crippen molar-refractivity contribution in [2.24, 2.45) is 10.7 Å². The van der Waals surface area contributed by atoms with Gasteiger partial charge < -0.3 is 11.1 Å². The Balaban J connectivity index is 1.57. The van der Waals surface area contributed by atoms with Gasteiger partial charge in [-0.3, -0.25) is 0 Å². The molecule has 1 aliphatic rings. The minimum atomic E-state index is 0.486. The second-order valence-corrected chi connectivity index (χ2v) is 5.77. The average Bonchev–Trinajstić information content (AvgIpc) is 3.04. The number of nitrogens with two attached hydrogens (primary N) is 1. The Morgan fingerprint density at radius 3 is 2.73 bits per heavy atom. The fourth-order valence-electron chi connectivity index (χ4n) is 2.84. The molecule has 5 nitrogen and oxygen atoms in total. The molecule has 0 amide bonds. The lowest BCUT2D eigenvalue weighted by Crippen LogP contribution is -2.41. The fourth-order valence-corrected chi connectivity index (χ4v) is 2.84. The lowest BCUT2D eigenvalue weighted by molar-refractivity contribution is 0.412. The molecule has 3 rings (SSSR count). The highest BCUT2D eigenvalue weighted by Gasteiger charge is 2.13. The molecule has 1 aliphatic carbocycles. The van der Waals surface area contributed by atoms with Crippen LogP contribution < -0.4 is 11.1 Å². The van der Waals surface area contributed by atoms with Gasteiger partial charge in [0, 0.05) is 12.2 Å². The number of rotatable bonds is 4. The van der Waals surface area contributed by atoms with Gasteiger partial charge in [0.2, 0.25) is 0 Å². The van der Waals surface area contributed by atoms with Gasteiger partial charge in [-0.25, -0.2) is 9.67 Å². The summed E-state index contributed by atoms with van der Waals surface area (Å²) in [6.45, 7) is 0.505. The third-order valence-electron chi connectivity index (χ3n) is 4.03. The molecule has 1 fully saturated rings. The number of benzene rings is 1. The highest BCUT2D eigenvalue weighted by molar-refractivity contribution is 5.78. The molecule has 0 atom stereocenters. The second kappa shape index (κ2) is 7.11. The van der Waals surface area contributed by atoms with Crippen LogP contribution in [0.5, 0.6) is 0 Å². The summed E-state index contributed by atoms with van der Waals surface area (Å²) in [4.78, 5) is 4.40. The quantitative estimate of drug-likeness (QED) is 0.673. The number of aliphatic imine (C=N–C) groups is 1. The number of aromatic nitrogens is 2. The Morgan fingerprint density at radius 1 is 1.18 bits per heavy atom. The summed E-state index contributed by atoms with van der Waals surface area (Å²) < 4.78 is 1.86. The maximum absolute atomic E-state index is 5.97. The molecule has 1 saturated carbocycles. The van der Waals surface area contributed by atoms with Crippen molar-refractivity contribution in [1.29, 1.82) is 0 Å². The molecule has 0 aliphatic heterocycles. The van der Waals surface area contributed by atoms with Crippen LogP contribution in [0, 0.1) is 0 Å². The van der Waals surface area contributed by atoms with Gasteiger partial charge >= 0.3 is 0 Å². The summed E-state index contributed by atoms with van der Waals surface area (Å²) in [6, 6.07) is 12.5. The zero-order valence-corrected chi connectivity index (χ0v) is 12.8. The molecule has 5 heteroatoms. The third kappa shape index (κ3) is 3.87. The monoisotopic (exact) mass is 297 g/mol. The molecule has 0 bridgehead atoms. The molecule has 0 unspecified atom stereocenters. The first-order chi connectivity index (χ1) is 10.8. The molecule has 116 valence electrons. The van der Waals surface area contributed by atoms with E-state index in [1.54, 1.807) is 0 Å². The minimum Gasteiger partial charge on any atom is -0.370 e. The smallest absolute Gasteiger partial charge is 0.189 e. The summed E-state index contributed by atoms with van der Waals surface area (Å²) in [5, 5.41) is 7.85. The second-order valence-electron chi connectivity index (χ2n) is 5.77. The van der Waals surface area contributed by atoms with E-state index < -0.39 is 0 Å². The zero-order chi connectivity index (χ0) is 15.2. The van der Waals surface area contributed by atoms with Crippen LogP contribution in [-0.4, -0.2) is 21.8 Å². The van der Waals surface area contributed by atoms with Gasteiger partial charge in [0.25, 0.3) is 0 Å². The first-order valence-electron chi connectivity index (χ1n) is 7.98. The number of nitrogens with one attached hydrogen (secondary N) is 1. The largest absolute Gasteiger partial charge is 0.370 e. The van der Waals surface area contributed by atoms with Gasteiger partial charge in [0.05, 0.1) is 17.9 Å². The van der Waals surface area contributed by atoms with E-state index in [2.05, 4.69) is 15.4 Å². The maximum Gasteiger partial charge on any atom is 0.189 e. The van der Waals surface area contributed by atoms with Gasteiger partial charge in [-0.05, 0) is 31.0 Å². The Morgan fingerprint density at radius 2 is 1.95 bits per heavy atom. The standard InChI is InChI=1S/C17H23N5/c18-17(20-14-7-3-1-4-8-14)19-13-15-11-12-22(21-15)16-9-5-2-6-10-16/h2,5-6,9-12,14H,1,3-4,7-8,13H2,(H3,18,19,20). The van der Waals surface area contributed by atoms with Gasteiger partial charge in [-0.1, -0.05) is 37.5 Å². The average molecular weight is 297 g/mol. The van der Waals surface area contributed by atoms with Crippen molar-refractivity contribution in [2.45, 2.75) is 44.7 Å². The molecular formula is C17H23N5. The topological polar surface area (TPSA) is 68.2 Å². The van der Waals surface area contributed by atoms with Crippen molar-refractivity contribution in [1.82, 2.24) is 15.1 Å². The van der Waals surface area contributed by atoms with E-state index in [0.29, 0.717) is 18.5 Å². The van der Waals surface area contributed by atoms with Crippen molar-refractivity contribution >= 4 is 5.96 Å². The van der Waals surface area contributed by atoms with E-state index in [9.17, 15) is 0 Å². The number of guanidine groups is 1. The molecule has 0 radical (unpaired) electrons. The summed E-state index contributed by atoms with van der Waals surface area (Å²) in [5.41, 5.74) is 7.94. The van der Waals surface area contributed by atoms with Gasteiger partial charge in [-0.2, -0.15) is 5.10 Å². The van der Waals surface area contributed by atoms with Crippen LogP contribution in [0.4, 0.5) is 0 Å². The molecule has 0 saturated heterocycles. The van der Waals surface area contributed by atoms with E-state index in [4.69, 9.17) is 5.73 Å². The van der Waals surface area contributed by atoms with Gasteiger partial charge in [-0.15, -0.1) is 0 Å². The normalized spacial score (nSPS) is 16.6. The summed E-state index contributed by atoms with van der Waals surface area (Å²) in [7, 11) is 0. The minimum absolute atomic E-state index is 0.486. The van der Waals surface area contributed by atoms with E-state index in [1.165, 1.54) is 32.1 Å². The molecular weight excluding hydrogens is 274 g/mol. The van der Waals surface area contributed by atoms with Crippen LogP contribution in [0.15, 0.2) is 47.6 Å². The Hall–Kier alpha value is -2.30. The first kappa shape index (κ1) is 14.6. The fraction of sp³-hybridized carbons (Fsp3) is 0.412. The number of nitrogens with zero attached hydrogens (tertiary/aromatic N) is 3. The molecule has 1 aromatic carbocycles. The SMILES string of the molecule is NC(=NCc1ccn(-c2ccccc2)n1)NC1CCCCC1. The first-order valence-corrected chi connectivity index (χ1v) is 7.98. The van der Waals surface area contributed by atoms with Gasteiger partial charge in [0.15, 0.2) is 5.96 Å². The molecule has 3 N–H and O–H groups in total. The van der Waals surface area contributed by atoms with Crippen molar-refractivity contribution in [2.75, 3.05) is 0 Å². The van der Waals surface area contributed by atoms with Crippen LogP contribution in [0.2, 0.25) is 0 Å². The van der Waals surface area contributed by atoms with Crippen molar-refractivity contribution in [3.63, 3.8) is 0 Å². The summed E-state index contributed by atoms with van der Waals surface area (Å²) >= 11 is 0. The highest BCUT2D eigenvalue weighted by atomic mass is 15.3. The van der Waals surface area contributed by atoms with Crippen molar-refractivity contribution in [3.05, 3.63) is 48.3 Å². The van der Waals surface area contributed by atoms with E-state index in [-0.39, 0.29) is 0 Å². The summed E-state index contributed by atoms with van der Waals surface area (Å²) in [6.07, 6.45) is 8.24. The lowest BCUT2D eigenvalue weighted by atomic mass is 9.96. The Kier molecular flexibility index (Phi) is 4.73. The predicted octanol–water partition coefficient (Wildman–Crippen LogP) is 2.61. The summed E-state index contributed by atoms with van der Waals surface area (Å²) in [5.74, 6) is 0.529. The molecule has 2 aromatic rings. The van der Waals surface area contributed by atoms with E-state index >= 15 is 0 Å². The van der Waals surface area contributed by atoms with Crippen molar-refractivity contribution < 1.29 is 0 Å². The van der Waals surface area contributed by atoms with Crippen LogP contribution in [0.25, 0.3) is 5.69 Å². The van der Waals surface area contributed by atoms with Crippen LogP contribution in [0.1, 0.15) is 37.8 Å². The molecule has 22 heavy (non-hydrogen) atoms. The van der Waals surface area contributed by atoms with E-state index in [1.807, 2.05) is 47.3 Å². The molecule has 1 heterocycles. The maximum atomic E-state index is 5.97.